The Labute approximate surface area is 123 Å². The predicted octanol–water partition coefficient (Wildman–Crippen LogP) is 3.41. The number of nitrogens with two attached hydrogens (primary N) is 1. The van der Waals surface area contributed by atoms with E-state index in [1.165, 1.54) is 0 Å². The average Bonchev–Trinajstić information content (AvgIpc) is 3.00. The third kappa shape index (κ3) is 4.18. The highest BCUT2D eigenvalue weighted by atomic mass is 32.1. The van der Waals surface area contributed by atoms with E-state index >= 15 is 0 Å². The number of amides is 1. The van der Waals surface area contributed by atoms with Gasteiger partial charge >= 0.3 is 0 Å². The van der Waals surface area contributed by atoms with Crippen molar-refractivity contribution in [2.24, 2.45) is 5.73 Å². The summed E-state index contributed by atoms with van der Waals surface area (Å²) in [5.41, 5.74) is 8.31. The molecule has 2 aromatic rings. The zero-order valence-corrected chi connectivity index (χ0v) is 12.4. The third-order valence-electron chi connectivity index (χ3n) is 3.33. The van der Waals surface area contributed by atoms with E-state index in [1.54, 1.807) is 11.3 Å². The number of thiophene rings is 1. The summed E-state index contributed by atoms with van der Waals surface area (Å²) in [7, 11) is 0. The lowest BCUT2D eigenvalue weighted by Gasteiger charge is -2.15. The highest BCUT2D eigenvalue weighted by Crippen LogP contribution is 2.17. The maximum absolute atomic E-state index is 11.9. The number of nitrogens with one attached hydrogen (secondary N) is 1. The van der Waals surface area contributed by atoms with Crippen molar-refractivity contribution in [3.05, 3.63) is 58.3 Å². The number of carbonyl (C=O) groups is 1. The van der Waals surface area contributed by atoms with Crippen LogP contribution in [0.3, 0.4) is 0 Å². The highest BCUT2D eigenvalue weighted by Gasteiger charge is 2.12. The zero-order valence-electron chi connectivity index (χ0n) is 11.6. The van der Waals surface area contributed by atoms with E-state index in [0.29, 0.717) is 12.8 Å². The Hall–Kier alpha value is -1.65. The van der Waals surface area contributed by atoms with Gasteiger partial charge in [-0.3, -0.25) is 4.79 Å². The Bertz CT molecular complexity index is 525. The molecular formula is C16H20N2OS. The van der Waals surface area contributed by atoms with E-state index in [4.69, 9.17) is 5.73 Å². The molecule has 0 aliphatic carbocycles. The molecule has 0 aliphatic heterocycles. The van der Waals surface area contributed by atoms with Crippen molar-refractivity contribution in [3.8, 4) is 0 Å². The van der Waals surface area contributed by atoms with Crippen molar-refractivity contribution in [3.63, 3.8) is 0 Å². The lowest BCUT2D eigenvalue weighted by atomic mass is 10.0. The summed E-state index contributed by atoms with van der Waals surface area (Å²) in [6, 6.07) is 11.9. The maximum atomic E-state index is 11.9. The zero-order chi connectivity index (χ0) is 14.4. The normalized spacial score (nSPS) is 13.7. The van der Waals surface area contributed by atoms with Crippen LogP contribution in [0.1, 0.15) is 43.0 Å². The van der Waals surface area contributed by atoms with Gasteiger partial charge in [0.15, 0.2) is 0 Å². The molecule has 0 radical (unpaired) electrons. The van der Waals surface area contributed by atoms with Crippen LogP contribution in [0, 0.1) is 0 Å². The van der Waals surface area contributed by atoms with Gasteiger partial charge in [-0.05, 0) is 41.3 Å². The number of benzene rings is 1. The van der Waals surface area contributed by atoms with E-state index in [9.17, 15) is 4.79 Å². The van der Waals surface area contributed by atoms with Crippen LogP contribution in [0.15, 0.2) is 47.2 Å². The van der Waals surface area contributed by atoms with Crippen molar-refractivity contribution in [1.82, 2.24) is 5.32 Å². The molecule has 0 saturated carbocycles. The smallest absolute Gasteiger partial charge is 0.220 e. The topological polar surface area (TPSA) is 55.1 Å². The summed E-state index contributed by atoms with van der Waals surface area (Å²) in [4.78, 5) is 11.9. The van der Waals surface area contributed by atoms with E-state index in [-0.39, 0.29) is 18.0 Å². The molecule has 1 aromatic carbocycles. The first-order chi connectivity index (χ1) is 9.66. The van der Waals surface area contributed by atoms with Gasteiger partial charge in [0.1, 0.15) is 0 Å². The molecule has 0 aliphatic rings. The number of hydrogen-bond acceptors (Lipinski definition) is 3. The highest BCUT2D eigenvalue weighted by molar-refractivity contribution is 7.07. The fraction of sp³-hybridized carbons (Fsp3) is 0.312. The molecular weight excluding hydrogens is 268 g/mol. The average molecular weight is 288 g/mol. The number of rotatable bonds is 6. The summed E-state index contributed by atoms with van der Waals surface area (Å²) in [6.07, 6.45) is 1.11. The minimum absolute atomic E-state index is 0.0510. The van der Waals surface area contributed by atoms with E-state index in [2.05, 4.69) is 10.7 Å². The summed E-state index contributed by atoms with van der Waals surface area (Å²) in [6.45, 7) is 2.00. The van der Waals surface area contributed by atoms with Gasteiger partial charge in [-0.15, -0.1) is 0 Å². The van der Waals surface area contributed by atoms with Gasteiger partial charge in [-0.1, -0.05) is 30.3 Å². The van der Waals surface area contributed by atoms with Crippen LogP contribution in [0.4, 0.5) is 0 Å². The van der Waals surface area contributed by atoms with Gasteiger partial charge < -0.3 is 11.1 Å². The van der Waals surface area contributed by atoms with Crippen LogP contribution < -0.4 is 11.1 Å². The maximum Gasteiger partial charge on any atom is 0.220 e. The molecule has 1 aromatic heterocycles. The van der Waals surface area contributed by atoms with Crippen molar-refractivity contribution >= 4 is 17.2 Å². The van der Waals surface area contributed by atoms with Crippen molar-refractivity contribution in [1.29, 1.82) is 0 Å². The first-order valence-corrected chi connectivity index (χ1v) is 7.73. The Balaban J connectivity index is 1.78. The van der Waals surface area contributed by atoms with Crippen LogP contribution >= 0.6 is 11.3 Å². The van der Waals surface area contributed by atoms with Crippen LogP contribution in [0.2, 0.25) is 0 Å². The van der Waals surface area contributed by atoms with Gasteiger partial charge in [0, 0.05) is 12.5 Å². The summed E-state index contributed by atoms with van der Waals surface area (Å²) in [5.74, 6) is 0.0510. The second-order valence-electron chi connectivity index (χ2n) is 4.90. The fourth-order valence-electron chi connectivity index (χ4n) is 2.07. The molecule has 20 heavy (non-hydrogen) atoms. The quantitative estimate of drug-likeness (QED) is 0.856. The van der Waals surface area contributed by atoms with Crippen LogP contribution in [0.5, 0.6) is 0 Å². The predicted molar refractivity (Wildman–Crippen MR) is 83.5 cm³/mol. The van der Waals surface area contributed by atoms with Crippen molar-refractivity contribution in [2.75, 3.05) is 0 Å². The first-order valence-electron chi connectivity index (χ1n) is 6.79. The van der Waals surface area contributed by atoms with Crippen molar-refractivity contribution in [2.45, 2.75) is 31.8 Å². The van der Waals surface area contributed by atoms with Crippen LogP contribution in [-0.4, -0.2) is 5.91 Å². The molecule has 106 valence electrons. The molecule has 4 heteroatoms. The summed E-state index contributed by atoms with van der Waals surface area (Å²) >= 11 is 1.64. The Kier molecular flexibility index (Phi) is 5.32. The fourth-order valence-corrected chi connectivity index (χ4v) is 2.83. The van der Waals surface area contributed by atoms with Gasteiger partial charge in [-0.2, -0.15) is 11.3 Å². The second kappa shape index (κ2) is 7.22. The van der Waals surface area contributed by atoms with Crippen LogP contribution in [-0.2, 0) is 4.79 Å². The molecule has 3 N–H and O–H groups in total. The molecule has 0 spiro atoms. The minimum atomic E-state index is -0.0848. The van der Waals surface area contributed by atoms with E-state index in [1.807, 2.05) is 48.7 Å². The molecule has 2 rings (SSSR count). The number of hydrogen-bond donors (Lipinski definition) is 2. The van der Waals surface area contributed by atoms with Crippen LogP contribution in [0.25, 0.3) is 0 Å². The molecule has 1 heterocycles. The Morgan fingerprint density at radius 2 is 2.00 bits per heavy atom. The van der Waals surface area contributed by atoms with Gasteiger partial charge in [0.2, 0.25) is 5.91 Å². The summed E-state index contributed by atoms with van der Waals surface area (Å²) in [5, 5.41) is 7.07. The lowest BCUT2D eigenvalue weighted by Crippen LogP contribution is -2.27. The monoisotopic (exact) mass is 288 g/mol. The molecule has 0 fully saturated rings. The molecule has 0 bridgehead atoms. The third-order valence-corrected chi connectivity index (χ3v) is 4.03. The first kappa shape index (κ1) is 14.8. The molecule has 3 nitrogen and oxygen atoms in total. The van der Waals surface area contributed by atoms with Crippen molar-refractivity contribution < 1.29 is 4.79 Å². The number of carbonyl (C=O) groups excluding carboxylic acids is 1. The van der Waals surface area contributed by atoms with E-state index in [0.717, 1.165) is 11.1 Å². The van der Waals surface area contributed by atoms with Gasteiger partial charge in [0.25, 0.3) is 0 Å². The molecule has 0 saturated heterocycles. The SMILES string of the molecule is CC(NC(=O)CCC(N)c1ccccc1)c1ccsc1. The molecule has 2 atom stereocenters. The Morgan fingerprint density at radius 1 is 1.25 bits per heavy atom. The minimum Gasteiger partial charge on any atom is -0.350 e. The lowest BCUT2D eigenvalue weighted by molar-refractivity contribution is -0.121. The Morgan fingerprint density at radius 3 is 2.65 bits per heavy atom. The second-order valence-corrected chi connectivity index (χ2v) is 5.68. The standard InChI is InChI=1S/C16H20N2OS/c1-12(14-9-10-20-11-14)18-16(19)8-7-15(17)13-5-3-2-4-6-13/h2-6,9-12,15H,7-8,17H2,1H3,(H,18,19). The molecule has 2 unspecified atom stereocenters. The molecule has 1 amide bonds. The van der Waals surface area contributed by atoms with Gasteiger partial charge in [-0.25, -0.2) is 0 Å². The van der Waals surface area contributed by atoms with E-state index < -0.39 is 0 Å². The largest absolute Gasteiger partial charge is 0.350 e. The van der Waals surface area contributed by atoms with Gasteiger partial charge in [0.05, 0.1) is 6.04 Å². The summed E-state index contributed by atoms with van der Waals surface area (Å²) < 4.78 is 0.